The molecule has 1 fully saturated rings. The van der Waals surface area contributed by atoms with E-state index in [0.29, 0.717) is 26.5 Å². The first-order valence-electron chi connectivity index (χ1n) is 9.12. The van der Waals surface area contributed by atoms with E-state index >= 15 is 0 Å². The maximum atomic E-state index is 12.3. The van der Waals surface area contributed by atoms with Gasteiger partial charge in [-0.1, -0.05) is 54.0 Å². The molecule has 2 heterocycles. The molecule has 0 aliphatic carbocycles. The Morgan fingerprint density at radius 3 is 2.66 bits per heavy atom. The Kier molecular flexibility index (Phi) is 5.90. The summed E-state index contributed by atoms with van der Waals surface area (Å²) in [5.74, 6) is 1.06. The second kappa shape index (κ2) is 8.57. The summed E-state index contributed by atoms with van der Waals surface area (Å²) in [4.78, 5) is 12.9. The number of hydrogen-bond acceptors (Lipinski definition) is 4. The zero-order chi connectivity index (χ0) is 20.4. The number of amides is 1. The minimum absolute atomic E-state index is 0.139. The van der Waals surface area contributed by atoms with E-state index in [1.807, 2.05) is 24.3 Å². The zero-order valence-electron chi connectivity index (χ0n) is 15.5. The number of carbonyl (C=O) groups is 1. The smallest absolute Gasteiger partial charge is 0.260 e. The van der Waals surface area contributed by atoms with Crippen LogP contribution in [0.5, 0.6) is 0 Å². The number of benzene rings is 2. The summed E-state index contributed by atoms with van der Waals surface area (Å²) in [7, 11) is 0. The van der Waals surface area contributed by atoms with E-state index in [4.69, 9.17) is 27.6 Å². The van der Waals surface area contributed by atoms with Crippen molar-refractivity contribution in [2.45, 2.75) is 18.8 Å². The van der Waals surface area contributed by atoms with E-state index < -0.39 is 0 Å². The third-order valence-corrected chi connectivity index (χ3v) is 6.06. The average Bonchev–Trinajstić information content (AvgIpc) is 3.29. The van der Waals surface area contributed by atoms with Crippen LogP contribution < -0.4 is 10.6 Å². The van der Waals surface area contributed by atoms with Crippen LogP contribution >= 0.6 is 35.0 Å². The highest BCUT2D eigenvalue weighted by atomic mass is 35.5. The van der Waals surface area contributed by atoms with Crippen molar-refractivity contribution in [1.29, 1.82) is 0 Å². The molecule has 0 unspecified atom stereocenters. The summed E-state index contributed by atoms with van der Waals surface area (Å²) in [5.41, 5.74) is 2.74. The number of nitrogens with one attached hydrogen (secondary N) is 2. The Bertz CT molecular complexity index is 1080. The first-order chi connectivity index (χ1) is 14.0. The number of aryl methyl sites for hydroxylation is 1. The Morgan fingerprint density at radius 2 is 1.93 bits per heavy atom. The largest absolute Gasteiger partial charge is 0.457 e. The van der Waals surface area contributed by atoms with Gasteiger partial charge in [-0.05, 0) is 54.4 Å². The summed E-state index contributed by atoms with van der Waals surface area (Å²) in [6.07, 6.45) is 2.73. The van der Waals surface area contributed by atoms with Gasteiger partial charge in [0.1, 0.15) is 11.5 Å². The molecule has 0 saturated carbocycles. The molecule has 4 rings (SSSR count). The molecule has 0 spiro atoms. The van der Waals surface area contributed by atoms with Crippen molar-refractivity contribution in [3.8, 4) is 11.3 Å². The fraction of sp³-hybridized carbons (Fsp3) is 0.136. The predicted octanol–water partition coefficient (Wildman–Crippen LogP) is 6.42. The summed E-state index contributed by atoms with van der Waals surface area (Å²) < 4.78 is 5.86. The molecule has 3 aromatic rings. The van der Waals surface area contributed by atoms with Crippen molar-refractivity contribution < 1.29 is 9.21 Å². The van der Waals surface area contributed by atoms with Crippen LogP contribution in [0.2, 0.25) is 10.0 Å². The third-order valence-electron chi connectivity index (χ3n) is 4.49. The zero-order valence-corrected chi connectivity index (χ0v) is 17.9. The van der Waals surface area contributed by atoms with Crippen LogP contribution in [0.25, 0.3) is 17.4 Å². The van der Waals surface area contributed by atoms with Gasteiger partial charge >= 0.3 is 0 Å². The molecule has 4 nitrogen and oxygen atoms in total. The number of hydrogen-bond donors (Lipinski definition) is 2. The highest BCUT2D eigenvalue weighted by Crippen LogP contribution is 2.34. The highest BCUT2D eigenvalue weighted by molar-refractivity contribution is 8.05. The first-order valence-corrected chi connectivity index (χ1v) is 10.8. The third kappa shape index (κ3) is 4.64. The van der Waals surface area contributed by atoms with E-state index in [1.54, 1.807) is 24.3 Å². The lowest BCUT2D eigenvalue weighted by Crippen LogP contribution is -2.30. The molecule has 1 aliphatic rings. The summed E-state index contributed by atoms with van der Waals surface area (Å²) >= 11 is 13.6. The van der Waals surface area contributed by atoms with Gasteiger partial charge in [-0.15, -0.1) is 0 Å². The van der Waals surface area contributed by atoms with Gasteiger partial charge in [-0.3, -0.25) is 4.79 Å². The molecule has 1 atom stereocenters. The number of carbonyl (C=O) groups excluding carboxylic acids is 1. The van der Waals surface area contributed by atoms with E-state index in [2.05, 4.69) is 29.7 Å². The minimum atomic E-state index is -0.235. The van der Waals surface area contributed by atoms with Crippen molar-refractivity contribution >= 4 is 52.6 Å². The second-order valence-electron chi connectivity index (χ2n) is 6.50. The molecule has 29 heavy (non-hydrogen) atoms. The normalized spacial score (nSPS) is 17.6. The van der Waals surface area contributed by atoms with Crippen LogP contribution in [0.1, 0.15) is 18.2 Å². The molecule has 0 radical (unpaired) electrons. The van der Waals surface area contributed by atoms with Gasteiger partial charge in [-0.2, -0.15) is 0 Å². The van der Waals surface area contributed by atoms with Crippen LogP contribution in [0.15, 0.2) is 63.9 Å². The van der Waals surface area contributed by atoms with Crippen LogP contribution in [-0.4, -0.2) is 11.4 Å². The van der Waals surface area contributed by atoms with Crippen LogP contribution in [-0.2, 0) is 11.2 Å². The fourth-order valence-corrected chi connectivity index (χ4v) is 4.41. The lowest BCUT2D eigenvalue weighted by atomic mass is 10.1. The molecule has 1 aliphatic heterocycles. The molecule has 148 valence electrons. The Labute approximate surface area is 183 Å². The average molecular weight is 445 g/mol. The molecule has 2 aromatic carbocycles. The highest BCUT2D eigenvalue weighted by Gasteiger charge is 2.27. The number of thioether (sulfide) groups is 1. The first kappa shape index (κ1) is 20.0. The standard InChI is InChI=1S/C22H18Cl2N2O2S/c1-2-13-3-6-15(7-4-13)25-22-26-21(27)20(29-22)12-16-8-10-19(28-16)17-9-5-14(23)11-18(17)24/h3-12,22,25H,2H2,1H3,(H,26,27)/b20-12+/t22-/m1/s1. The second-order valence-corrected chi connectivity index (χ2v) is 8.49. The van der Waals surface area contributed by atoms with Gasteiger partial charge in [0, 0.05) is 22.3 Å². The van der Waals surface area contributed by atoms with Gasteiger partial charge in [0.05, 0.1) is 9.93 Å². The summed E-state index contributed by atoms with van der Waals surface area (Å²) in [6.45, 7) is 2.12. The van der Waals surface area contributed by atoms with Gasteiger partial charge < -0.3 is 15.1 Å². The molecule has 1 amide bonds. The number of anilines is 1. The molecular formula is C22H18Cl2N2O2S. The monoisotopic (exact) mass is 444 g/mol. The van der Waals surface area contributed by atoms with Crippen molar-refractivity contribution in [3.63, 3.8) is 0 Å². The quantitative estimate of drug-likeness (QED) is 0.446. The molecule has 7 heteroatoms. The lowest BCUT2D eigenvalue weighted by Gasteiger charge is -2.12. The fourth-order valence-electron chi connectivity index (χ4n) is 2.95. The van der Waals surface area contributed by atoms with E-state index in [9.17, 15) is 4.79 Å². The van der Waals surface area contributed by atoms with Crippen molar-refractivity contribution in [2.75, 3.05) is 5.32 Å². The molecule has 0 bridgehead atoms. The molecule has 2 N–H and O–H groups in total. The predicted molar refractivity (Wildman–Crippen MR) is 121 cm³/mol. The SMILES string of the molecule is CCc1ccc(N[C@@H]2NC(=O)/C(=C\c3ccc(-c4ccc(Cl)cc4Cl)o3)S2)cc1. The maximum Gasteiger partial charge on any atom is 0.260 e. The Hall–Kier alpha value is -2.34. The number of furan rings is 1. The summed E-state index contributed by atoms with van der Waals surface area (Å²) in [5, 5.41) is 7.31. The van der Waals surface area contributed by atoms with Crippen LogP contribution in [0.4, 0.5) is 5.69 Å². The maximum absolute atomic E-state index is 12.3. The molecule has 1 saturated heterocycles. The van der Waals surface area contributed by atoms with Crippen LogP contribution in [0.3, 0.4) is 0 Å². The Balaban J connectivity index is 1.47. The van der Waals surface area contributed by atoms with Crippen molar-refractivity contribution in [2.24, 2.45) is 0 Å². The van der Waals surface area contributed by atoms with Crippen molar-refractivity contribution in [3.05, 3.63) is 80.9 Å². The van der Waals surface area contributed by atoms with Gasteiger partial charge in [0.15, 0.2) is 5.50 Å². The minimum Gasteiger partial charge on any atom is -0.457 e. The molecule has 1 aromatic heterocycles. The van der Waals surface area contributed by atoms with Crippen LogP contribution in [0, 0.1) is 0 Å². The van der Waals surface area contributed by atoms with Crippen molar-refractivity contribution in [1.82, 2.24) is 5.32 Å². The lowest BCUT2D eigenvalue weighted by molar-refractivity contribution is -0.116. The molecular weight excluding hydrogens is 427 g/mol. The Morgan fingerprint density at radius 1 is 1.14 bits per heavy atom. The summed E-state index contributed by atoms with van der Waals surface area (Å²) in [6, 6.07) is 17.1. The van der Waals surface area contributed by atoms with E-state index in [-0.39, 0.29) is 11.4 Å². The van der Waals surface area contributed by atoms with E-state index in [0.717, 1.165) is 17.7 Å². The van der Waals surface area contributed by atoms with Gasteiger partial charge in [0.25, 0.3) is 5.91 Å². The van der Waals surface area contributed by atoms with E-state index in [1.165, 1.54) is 17.3 Å². The van der Waals surface area contributed by atoms with Gasteiger partial charge in [-0.25, -0.2) is 0 Å². The topological polar surface area (TPSA) is 54.3 Å². The van der Waals surface area contributed by atoms with Gasteiger partial charge in [0.2, 0.25) is 0 Å². The number of halogens is 2. The number of rotatable bonds is 5.